The fraction of sp³-hybridized carbons (Fsp3) is 1.00. The predicted octanol–water partition coefficient (Wildman–Crippen LogP) is 2.45. The minimum Gasteiger partial charge on any atom is -0.302 e. The molecule has 0 aromatic heterocycles. The van der Waals surface area contributed by atoms with Crippen LogP contribution in [0.1, 0.15) is 47.0 Å². The van der Waals surface area contributed by atoms with Gasteiger partial charge in [-0.3, -0.25) is 4.90 Å². The van der Waals surface area contributed by atoms with Crippen LogP contribution in [0.5, 0.6) is 0 Å². The molecule has 2 aliphatic heterocycles. The molecule has 142 valence electrons. The van der Waals surface area contributed by atoms with E-state index in [0.717, 1.165) is 12.0 Å². The third-order valence-electron chi connectivity index (χ3n) is 6.47. The molecule has 2 saturated heterocycles. The van der Waals surface area contributed by atoms with Gasteiger partial charge in [0.25, 0.3) is 0 Å². The summed E-state index contributed by atoms with van der Waals surface area (Å²) in [5.74, 6) is 0.933. The number of likely N-dealkylation sites (N-methyl/N-ethyl adjacent to an activating group) is 1. The molecule has 2 rings (SSSR count). The molecule has 2 heterocycles. The molecule has 0 amide bonds. The standard InChI is InChI=1S/C20H42N4/c1-6-19(4)21(5)11-12-22-13-15-23(16-14-22)17-20-7-9-24(10-8-20)18(2)3/h18-20H,6-17H2,1-5H3. The molecule has 1 unspecified atom stereocenters. The molecule has 0 aromatic carbocycles. The van der Waals surface area contributed by atoms with Gasteiger partial charge in [0.15, 0.2) is 0 Å². The molecular weight excluding hydrogens is 296 g/mol. The van der Waals surface area contributed by atoms with E-state index in [2.05, 4.69) is 54.3 Å². The van der Waals surface area contributed by atoms with Gasteiger partial charge in [0.2, 0.25) is 0 Å². The van der Waals surface area contributed by atoms with Gasteiger partial charge in [-0.15, -0.1) is 0 Å². The molecule has 0 aliphatic carbocycles. The van der Waals surface area contributed by atoms with Crippen LogP contribution < -0.4 is 0 Å². The largest absolute Gasteiger partial charge is 0.302 e. The average molecular weight is 339 g/mol. The van der Waals surface area contributed by atoms with Gasteiger partial charge in [0.05, 0.1) is 0 Å². The summed E-state index contributed by atoms with van der Waals surface area (Å²) >= 11 is 0. The Balaban J connectivity index is 1.60. The molecule has 1 atom stereocenters. The number of likely N-dealkylation sites (tertiary alicyclic amines) is 1. The number of hydrogen-bond acceptors (Lipinski definition) is 4. The van der Waals surface area contributed by atoms with Crippen molar-refractivity contribution < 1.29 is 0 Å². The Kier molecular flexibility index (Phi) is 8.48. The number of nitrogens with zero attached hydrogens (tertiary/aromatic N) is 4. The van der Waals surface area contributed by atoms with Gasteiger partial charge >= 0.3 is 0 Å². The molecule has 0 radical (unpaired) electrons. The van der Waals surface area contributed by atoms with E-state index >= 15 is 0 Å². The van der Waals surface area contributed by atoms with Crippen molar-refractivity contribution in [3.05, 3.63) is 0 Å². The highest BCUT2D eigenvalue weighted by molar-refractivity contribution is 4.80. The molecule has 0 saturated carbocycles. The van der Waals surface area contributed by atoms with Gasteiger partial charge < -0.3 is 14.7 Å². The van der Waals surface area contributed by atoms with Gasteiger partial charge in [0.1, 0.15) is 0 Å². The number of piperidine rings is 1. The van der Waals surface area contributed by atoms with E-state index in [-0.39, 0.29) is 0 Å². The summed E-state index contributed by atoms with van der Waals surface area (Å²) in [6.45, 7) is 20.8. The second kappa shape index (κ2) is 10.1. The Morgan fingerprint density at radius 1 is 0.917 bits per heavy atom. The topological polar surface area (TPSA) is 13.0 Å². The van der Waals surface area contributed by atoms with Crippen LogP contribution in [0.3, 0.4) is 0 Å². The SMILES string of the molecule is CCC(C)N(C)CCN1CCN(CC2CCN(C(C)C)CC2)CC1. The van der Waals surface area contributed by atoms with Crippen LogP contribution in [0.4, 0.5) is 0 Å². The van der Waals surface area contributed by atoms with Crippen molar-refractivity contribution in [3.8, 4) is 0 Å². The third kappa shape index (κ3) is 6.29. The van der Waals surface area contributed by atoms with Crippen LogP contribution in [0.25, 0.3) is 0 Å². The highest BCUT2D eigenvalue weighted by atomic mass is 15.3. The van der Waals surface area contributed by atoms with Crippen LogP contribution >= 0.6 is 0 Å². The first-order valence-corrected chi connectivity index (χ1v) is 10.4. The molecule has 0 aromatic rings. The zero-order chi connectivity index (χ0) is 17.5. The van der Waals surface area contributed by atoms with Gasteiger partial charge in [0, 0.05) is 57.9 Å². The molecule has 0 spiro atoms. The van der Waals surface area contributed by atoms with E-state index in [1.165, 1.54) is 78.2 Å². The first kappa shape index (κ1) is 20.2. The van der Waals surface area contributed by atoms with E-state index in [1.807, 2.05) is 0 Å². The quantitative estimate of drug-likeness (QED) is 0.674. The second-order valence-corrected chi connectivity index (χ2v) is 8.45. The molecule has 4 nitrogen and oxygen atoms in total. The lowest BCUT2D eigenvalue weighted by Crippen LogP contribution is -2.50. The first-order chi connectivity index (χ1) is 11.5. The Bertz CT molecular complexity index is 331. The Morgan fingerprint density at radius 3 is 2.04 bits per heavy atom. The van der Waals surface area contributed by atoms with Crippen LogP contribution in [-0.2, 0) is 0 Å². The minimum absolute atomic E-state index is 0.711. The van der Waals surface area contributed by atoms with E-state index in [0.29, 0.717) is 6.04 Å². The number of piperazine rings is 1. The van der Waals surface area contributed by atoms with Gasteiger partial charge in [-0.05, 0) is 66.1 Å². The third-order valence-corrected chi connectivity index (χ3v) is 6.47. The van der Waals surface area contributed by atoms with E-state index in [4.69, 9.17) is 0 Å². The molecule has 0 bridgehead atoms. The molecule has 24 heavy (non-hydrogen) atoms. The molecule has 2 fully saturated rings. The van der Waals surface area contributed by atoms with Gasteiger partial charge in [-0.1, -0.05) is 6.92 Å². The lowest BCUT2D eigenvalue weighted by atomic mass is 9.95. The van der Waals surface area contributed by atoms with Crippen LogP contribution in [0.15, 0.2) is 0 Å². The van der Waals surface area contributed by atoms with Crippen molar-refractivity contribution >= 4 is 0 Å². The average Bonchev–Trinajstić information content (AvgIpc) is 2.60. The summed E-state index contributed by atoms with van der Waals surface area (Å²) in [4.78, 5) is 10.5. The minimum atomic E-state index is 0.711. The first-order valence-electron chi connectivity index (χ1n) is 10.4. The summed E-state index contributed by atoms with van der Waals surface area (Å²) in [7, 11) is 2.27. The Hall–Kier alpha value is -0.160. The summed E-state index contributed by atoms with van der Waals surface area (Å²) < 4.78 is 0. The highest BCUT2D eigenvalue weighted by Crippen LogP contribution is 2.20. The van der Waals surface area contributed by atoms with Crippen molar-refractivity contribution in [2.75, 3.05) is 66.0 Å². The van der Waals surface area contributed by atoms with Crippen LogP contribution in [-0.4, -0.2) is 97.6 Å². The Labute approximate surface area is 151 Å². The van der Waals surface area contributed by atoms with Gasteiger partial charge in [-0.25, -0.2) is 0 Å². The molecule has 2 aliphatic rings. The zero-order valence-corrected chi connectivity index (χ0v) is 17.0. The normalized spacial score (nSPS) is 24.1. The fourth-order valence-electron chi connectivity index (χ4n) is 4.04. The predicted molar refractivity (Wildman–Crippen MR) is 105 cm³/mol. The lowest BCUT2D eigenvalue weighted by molar-refractivity contribution is 0.0818. The lowest BCUT2D eigenvalue weighted by Gasteiger charge is -2.40. The summed E-state index contributed by atoms with van der Waals surface area (Å²) in [6, 6.07) is 1.44. The monoisotopic (exact) mass is 338 g/mol. The molecular formula is C20H42N4. The molecule has 0 N–H and O–H groups in total. The second-order valence-electron chi connectivity index (χ2n) is 8.45. The molecule has 4 heteroatoms. The van der Waals surface area contributed by atoms with E-state index < -0.39 is 0 Å². The van der Waals surface area contributed by atoms with E-state index in [1.54, 1.807) is 0 Å². The Morgan fingerprint density at radius 2 is 1.50 bits per heavy atom. The van der Waals surface area contributed by atoms with Gasteiger partial charge in [-0.2, -0.15) is 0 Å². The smallest absolute Gasteiger partial charge is 0.0110 e. The maximum absolute atomic E-state index is 2.73. The number of hydrogen-bond donors (Lipinski definition) is 0. The van der Waals surface area contributed by atoms with Crippen molar-refractivity contribution in [1.82, 2.24) is 19.6 Å². The van der Waals surface area contributed by atoms with Crippen LogP contribution in [0.2, 0.25) is 0 Å². The fourth-order valence-corrected chi connectivity index (χ4v) is 4.04. The van der Waals surface area contributed by atoms with E-state index in [9.17, 15) is 0 Å². The van der Waals surface area contributed by atoms with Crippen LogP contribution in [0, 0.1) is 5.92 Å². The van der Waals surface area contributed by atoms with Crippen molar-refractivity contribution in [2.24, 2.45) is 5.92 Å². The van der Waals surface area contributed by atoms with Crippen molar-refractivity contribution in [3.63, 3.8) is 0 Å². The maximum atomic E-state index is 2.73. The summed E-state index contributed by atoms with van der Waals surface area (Å²) in [5, 5.41) is 0. The number of rotatable bonds is 8. The zero-order valence-electron chi connectivity index (χ0n) is 17.0. The van der Waals surface area contributed by atoms with Crippen molar-refractivity contribution in [2.45, 2.75) is 59.0 Å². The highest BCUT2D eigenvalue weighted by Gasteiger charge is 2.24. The maximum Gasteiger partial charge on any atom is 0.0110 e. The summed E-state index contributed by atoms with van der Waals surface area (Å²) in [5.41, 5.74) is 0. The summed E-state index contributed by atoms with van der Waals surface area (Å²) in [6.07, 6.45) is 4.05. The van der Waals surface area contributed by atoms with Crippen molar-refractivity contribution in [1.29, 1.82) is 0 Å².